The number of nitrogens with zero attached hydrogens (tertiary/aromatic N) is 1. The fourth-order valence-electron chi connectivity index (χ4n) is 1.58. The Morgan fingerprint density at radius 1 is 1.12 bits per heavy atom. The van der Waals surface area contributed by atoms with Crippen LogP contribution in [0.2, 0.25) is 0 Å². The Balaban J connectivity index is 3.58. The fraction of sp³-hybridized carbons (Fsp3) is 0.615. The minimum absolute atomic E-state index is 0.110. The summed E-state index contributed by atoms with van der Waals surface area (Å²) in [7, 11) is 0. The molecule has 0 aliphatic heterocycles. The maximum atomic E-state index is 13.5. The van der Waals surface area contributed by atoms with Gasteiger partial charge in [-0.1, -0.05) is 20.8 Å². The molecule has 0 fully saturated rings. The van der Waals surface area contributed by atoms with Gasteiger partial charge in [0.2, 0.25) is 0 Å². The third kappa shape index (κ3) is 2.52. The minimum atomic E-state index is -0.404. The molecule has 0 N–H and O–H groups in total. The average molecular weight is 225 g/mol. The molecule has 0 saturated heterocycles. The van der Waals surface area contributed by atoms with E-state index in [0.29, 0.717) is 5.56 Å². The van der Waals surface area contributed by atoms with Crippen LogP contribution in [0.5, 0.6) is 0 Å². The smallest absolute Gasteiger partial charge is 0.254 e. The molecule has 2 nitrogen and oxygen atoms in total. The summed E-state index contributed by atoms with van der Waals surface area (Å²) in [6.45, 7) is 11.4. The van der Waals surface area contributed by atoms with Gasteiger partial charge in [-0.05, 0) is 32.3 Å². The van der Waals surface area contributed by atoms with Crippen LogP contribution in [-0.4, -0.2) is 4.57 Å². The van der Waals surface area contributed by atoms with Crippen molar-refractivity contribution < 1.29 is 4.39 Å². The second-order valence-corrected chi connectivity index (χ2v) is 6.17. The molecule has 0 aliphatic carbocycles. The van der Waals surface area contributed by atoms with Crippen LogP contribution in [0.15, 0.2) is 17.1 Å². The van der Waals surface area contributed by atoms with Gasteiger partial charge in [0.1, 0.15) is 5.82 Å². The molecular weight excluding hydrogens is 205 g/mol. The number of pyridine rings is 1. The second-order valence-electron chi connectivity index (χ2n) is 6.17. The molecule has 1 heterocycles. The SMILES string of the molecule is CC(C)(C)c1cc(F)cn(C(C)(C)C)c1=O. The van der Waals surface area contributed by atoms with Crippen LogP contribution in [0.3, 0.4) is 0 Å². The van der Waals surface area contributed by atoms with Crippen LogP contribution in [0.25, 0.3) is 0 Å². The topological polar surface area (TPSA) is 22.0 Å². The number of hydrogen-bond donors (Lipinski definition) is 0. The predicted octanol–water partition coefficient (Wildman–Crippen LogP) is 3.04. The summed E-state index contributed by atoms with van der Waals surface area (Å²) in [6.07, 6.45) is 1.28. The lowest BCUT2D eigenvalue weighted by atomic mass is 9.87. The maximum absolute atomic E-state index is 13.5. The zero-order valence-corrected chi connectivity index (χ0v) is 10.9. The van der Waals surface area contributed by atoms with Crippen molar-refractivity contribution in [1.82, 2.24) is 4.57 Å². The van der Waals surface area contributed by atoms with Crippen molar-refractivity contribution in [3.05, 3.63) is 34.0 Å². The zero-order chi connectivity index (χ0) is 12.7. The number of hydrogen-bond acceptors (Lipinski definition) is 1. The first-order chi connectivity index (χ1) is 7.03. The Kier molecular flexibility index (Phi) is 3.01. The van der Waals surface area contributed by atoms with Crippen LogP contribution in [0, 0.1) is 5.82 Å². The summed E-state index contributed by atoms with van der Waals surface area (Å²) < 4.78 is 15.0. The second kappa shape index (κ2) is 3.72. The molecule has 0 bridgehead atoms. The van der Waals surface area contributed by atoms with E-state index in [2.05, 4.69) is 0 Å². The molecule has 0 spiro atoms. The highest BCUT2D eigenvalue weighted by Gasteiger charge is 2.24. The summed E-state index contributed by atoms with van der Waals surface area (Å²) in [5.41, 5.74) is -0.338. The maximum Gasteiger partial charge on any atom is 0.254 e. The van der Waals surface area contributed by atoms with E-state index in [1.165, 1.54) is 16.8 Å². The molecule has 1 aromatic rings. The molecule has 0 saturated carbocycles. The molecular formula is C13H20FNO. The molecule has 3 heteroatoms. The highest BCUT2D eigenvalue weighted by molar-refractivity contribution is 5.21. The van der Waals surface area contributed by atoms with Gasteiger partial charge < -0.3 is 4.57 Å². The highest BCUT2D eigenvalue weighted by Crippen LogP contribution is 2.21. The van der Waals surface area contributed by atoms with Gasteiger partial charge in [0.25, 0.3) is 5.56 Å². The van der Waals surface area contributed by atoms with E-state index in [1.54, 1.807) is 0 Å². The Hall–Kier alpha value is -1.12. The molecule has 0 unspecified atom stereocenters. The van der Waals surface area contributed by atoms with Gasteiger partial charge in [-0.25, -0.2) is 4.39 Å². The lowest BCUT2D eigenvalue weighted by molar-refractivity contribution is 0.368. The first kappa shape index (κ1) is 12.9. The third-order valence-corrected chi connectivity index (χ3v) is 2.51. The standard InChI is InChI=1S/C13H20FNO/c1-12(2,3)10-7-9(14)8-15(11(10)16)13(4,5)6/h7-8H,1-6H3. The van der Waals surface area contributed by atoms with Crippen molar-refractivity contribution >= 4 is 0 Å². The molecule has 90 valence electrons. The van der Waals surface area contributed by atoms with Gasteiger partial charge in [0, 0.05) is 17.3 Å². The van der Waals surface area contributed by atoms with Crippen LogP contribution in [-0.2, 0) is 11.0 Å². The van der Waals surface area contributed by atoms with E-state index in [9.17, 15) is 9.18 Å². The van der Waals surface area contributed by atoms with Crippen molar-refractivity contribution in [3.8, 4) is 0 Å². The molecule has 1 rings (SSSR count). The van der Waals surface area contributed by atoms with Gasteiger partial charge >= 0.3 is 0 Å². The van der Waals surface area contributed by atoms with Crippen molar-refractivity contribution in [2.45, 2.75) is 52.5 Å². The van der Waals surface area contributed by atoms with Crippen molar-refractivity contribution in [1.29, 1.82) is 0 Å². The third-order valence-electron chi connectivity index (χ3n) is 2.51. The van der Waals surface area contributed by atoms with E-state index in [0.717, 1.165) is 0 Å². The lowest BCUT2D eigenvalue weighted by Gasteiger charge is -2.26. The van der Waals surface area contributed by atoms with Crippen LogP contribution >= 0.6 is 0 Å². The Labute approximate surface area is 96.1 Å². The summed E-state index contributed by atoms with van der Waals surface area (Å²) in [4.78, 5) is 12.2. The van der Waals surface area contributed by atoms with E-state index >= 15 is 0 Å². The Morgan fingerprint density at radius 3 is 2.00 bits per heavy atom. The predicted molar refractivity (Wildman–Crippen MR) is 64.4 cm³/mol. The molecule has 0 radical (unpaired) electrons. The van der Waals surface area contributed by atoms with Crippen molar-refractivity contribution in [2.75, 3.05) is 0 Å². The first-order valence-electron chi connectivity index (χ1n) is 5.46. The highest BCUT2D eigenvalue weighted by atomic mass is 19.1. The van der Waals surface area contributed by atoms with Gasteiger partial charge in [-0.3, -0.25) is 4.79 Å². The number of halogens is 1. The molecule has 16 heavy (non-hydrogen) atoms. The summed E-state index contributed by atoms with van der Waals surface area (Å²) in [5, 5.41) is 0. The summed E-state index contributed by atoms with van der Waals surface area (Å²) >= 11 is 0. The van der Waals surface area contributed by atoms with E-state index in [1.807, 2.05) is 41.5 Å². The molecule has 0 aromatic carbocycles. The Bertz CT molecular complexity index is 408. The van der Waals surface area contributed by atoms with Crippen molar-refractivity contribution in [2.24, 2.45) is 0 Å². The average Bonchev–Trinajstić information content (AvgIpc) is 2.04. The van der Waals surface area contributed by atoms with Crippen LogP contribution in [0.4, 0.5) is 4.39 Å². The van der Waals surface area contributed by atoms with E-state index < -0.39 is 5.54 Å². The van der Waals surface area contributed by atoms with Gasteiger partial charge in [0.05, 0.1) is 0 Å². The van der Waals surface area contributed by atoms with Crippen LogP contribution in [0.1, 0.15) is 47.1 Å². The molecule has 0 aliphatic rings. The van der Waals surface area contributed by atoms with Gasteiger partial charge in [0.15, 0.2) is 0 Å². The van der Waals surface area contributed by atoms with Gasteiger partial charge in [-0.15, -0.1) is 0 Å². The quantitative estimate of drug-likeness (QED) is 0.665. The minimum Gasteiger partial charge on any atom is -0.307 e. The Morgan fingerprint density at radius 2 is 1.62 bits per heavy atom. The molecule has 0 atom stereocenters. The van der Waals surface area contributed by atoms with Crippen LogP contribution < -0.4 is 5.56 Å². The number of rotatable bonds is 0. The summed E-state index contributed by atoms with van der Waals surface area (Å²) in [5.74, 6) is -0.362. The summed E-state index contributed by atoms with van der Waals surface area (Å²) in [6, 6.07) is 1.34. The van der Waals surface area contributed by atoms with E-state index in [4.69, 9.17) is 0 Å². The van der Waals surface area contributed by atoms with Gasteiger partial charge in [-0.2, -0.15) is 0 Å². The largest absolute Gasteiger partial charge is 0.307 e. The zero-order valence-electron chi connectivity index (χ0n) is 10.9. The first-order valence-corrected chi connectivity index (χ1v) is 5.46. The fourth-order valence-corrected chi connectivity index (χ4v) is 1.58. The lowest BCUT2D eigenvalue weighted by Crippen LogP contribution is -2.38. The monoisotopic (exact) mass is 225 g/mol. The van der Waals surface area contributed by atoms with E-state index in [-0.39, 0.29) is 16.8 Å². The number of aromatic nitrogens is 1. The molecule has 1 aromatic heterocycles. The van der Waals surface area contributed by atoms with Crippen molar-refractivity contribution in [3.63, 3.8) is 0 Å². The normalized spacial score (nSPS) is 12.9. The molecule has 0 amide bonds.